The number of amides is 2. The molecule has 2 fully saturated rings. The number of aromatic hydroxyl groups is 1. The number of likely N-dealkylation sites (tertiary alicyclic amines) is 2. The summed E-state index contributed by atoms with van der Waals surface area (Å²) >= 11 is 0. The smallest absolute Gasteiger partial charge is 0.317 e. The van der Waals surface area contributed by atoms with Gasteiger partial charge in [0.05, 0.1) is 0 Å². The van der Waals surface area contributed by atoms with Crippen LogP contribution in [-0.4, -0.2) is 60.2 Å². The summed E-state index contributed by atoms with van der Waals surface area (Å²) in [5.74, 6) is 1.00. The summed E-state index contributed by atoms with van der Waals surface area (Å²) in [5, 5.41) is 12.9. The van der Waals surface area contributed by atoms with Crippen LogP contribution in [0.2, 0.25) is 0 Å². The van der Waals surface area contributed by atoms with Gasteiger partial charge in [0.25, 0.3) is 0 Å². The Morgan fingerprint density at radius 1 is 1.20 bits per heavy atom. The standard InChI is InChI=1S/C20H31N3O2/c1-15-11-17(12-16(2)19(15)24)5-7-21-20(25)23-10-6-18(14-23)13-22-8-3-4-9-22/h11-12,18,24H,3-10,13-14H2,1-2H3,(H,21,25)/t18-/m1/s1. The molecule has 2 amide bonds. The highest BCUT2D eigenvalue weighted by Gasteiger charge is 2.28. The normalized spacial score (nSPS) is 21.0. The van der Waals surface area contributed by atoms with Crippen LogP contribution in [0.1, 0.15) is 36.0 Å². The van der Waals surface area contributed by atoms with Crippen LogP contribution in [-0.2, 0) is 6.42 Å². The Morgan fingerprint density at radius 2 is 1.88 bits per heavy atom. The molecule has 0 bridgehead atoms. The molecule has 2 heterocycles. The number of urea groups is 1. The second-order valence-electron chi connectivity index (χ2n) is 7.67. The Bertz CT molecular complexity index is 588. The minimum Gasteiger partial charge on any atom is -0.507 e. The van der Waals surface area contributed by atoms with Gasteiger partial charge >= 0.3 is 6.03 Å². The number of benzene rings is 1. The molecule has 0 radical (unpaired) electrons. The zero-order valence-corrected chi connectivity index (χ0v) is 15.6. The second-order valence-corrected chi connectivity index (χ2v) is 7.67. The Kier molecular flexibility index (Phi) is 5.84. The molecule has 0 aromatic heterocycles. The summed E-state index contributed by atoms with van der Waals surface area (Å²) in [6.07, 6.45) is 4.57. The lowest BCUT2D eigenvalue weighted by molar-refractivity contribution is 0.204. The van der Waals surface area contributed by atoms with E-state index in [0.717, 1.165) is 49.2 Å². The third kappa shape index (κ3) is 4.66. The van der Waals surface area contributed by atoms with Gasteiger partial charge in [-0.2, -0.15) is 0 Å². The van der Waals surface area contributed by atoms with Gasteiger partial charge < -0.3 is 20.2 Å². The van der Waals surface area contributed by atoms with Crippen LogP contribution in [0, 0.1) is 19.8 Å². The third-order valence-electron chi connectivity index (χ3n) is 5.53. The van der Waals surface area contributed by atoms with Gasteiger partial charge in [0.15, 0.2) is 0 Å². The van der Waals surface area contributed by atoms with Gasteiger partial charge in [0.1, 0.15) is 5.75 Å². The van der Waals surface area contributed by atoms with Crippen LogP contribution >= 0.6 is 0 Å². The van der Waals surface area contributed by atoms with Gasteiger partial charge in [0.2, 0.25) is 0 Å². The van der Waals surface area contributed by atoms with Crippen LogP contribution in [0.4, 0.5) is 4.79 Å². The number of phenolic OH excluding ortho intramolecular Hbond substituents is 1. The highest BCUT2D eigenvalue weighted by Crippen LogP contribution is 2.23. The predicted octanol–water partition coefficient (Wildman–Crippen LogP) is 2.68. The summed E-state index contributed by atoms with van der Waals surface area (Å²) < 4.78 is 0. The molecule has 1 atom stereocenters. The monoisotopic (exact) mass is 345 g/mol. The first-order valence-corrected chi connectivity index (χ1v) is 9.57. The van der Waals surface area contributed by atoms with Crippen molar-refractivity contribution in [2.24, 2.45) is 5.92 Å². The zero-order chi connectivity index (χ0) is 17.8. The van der Waals surface area contributed by atoms with Gasteiger partial charge in [-0.05, 0) is 75.2 Å². The number of carbonyl (C=O) groups is 1. The Balaban J connectivity index is 1.41. The average Bonchev–Trinajstić information content (AvgIpc) is 3.25. The van der Waals surface area contributed by atoms with Crippen molar-refractivity contribution < 1.29 is 9.90 Å². The quantitative estimate of drug-likeness (QED) is 0.863. The van der Waals surface area contributed by atoms with Gasteiger partial charge in [-0.1, -0.05) is 12.1 Å². The van der Waals surface area contributed by atoms with Crippen molar-refractivity contribution in [3.05, 3.63) is 28.8 Å². The molecular formula is C20H31N3O2. The van der Waals surface area contributed by atoms with Crippen molar-refractivity contribution in [1.29, 1.82) is 0 Å². The van der Waals surface area contributed by atoms with Crippen molar-refractivity contribution in [1.82, 2.24) is 15.1 Å². The van der Waals surface area contributed by atoms with E-state index in [1.54, 1.807) is 0 Å². The molecule has 2 aliphatic rings. The molecule has 0 saturated carbocycles. The third-order valence-corrected chi connectivity index (χ3v) is 5.53. The maximum Gasteiger partial charge on any atom is 0.317 e. The Morgan fingerprint density at radius 3 is 2.56 bits per heavy atom. The molecule has 0 aliphatic carbocycles. The Labute approximate surface area is 151 Å². The molecule has 2 saturated heterocycles. The van der Waals surface area contributed by atoms with E-state index in [1.807, 2.05) is 30.9 Å². The van der Waals surface area contributed by atoms with E-state index in [9.17, 15) is 9.90 Å². The van der Waals surface area contributed by atoms with Crippen LogP contribution in [0.5, 0.6) is 5.75 Å². The van der Waals surface area contributed by atoms with Crippen molar-refractivity contribution in [3.8, 4) is 5.75 Å². The maximum absolute atomic E-state index is 12.4. The van der Waals surface area contributed by atoms with Crippen LogP contribution in [0.15, 0.2) is 12.1 Å². The molecule has 2 N–H and O–H groups in total. The van der Waals surface area contributed by atoms with Gasteiger partial charge in [-0.15, -0.1) is 0 Å². The number of hydrogen-bond donors (Lipinski definition) is 2. The zero-order valence-electron chi connectivity index (χ0n) is 15.6. The first kappa shape index (κ1) is 18.1. The fraction of sp³-hybridized carbons (Fsp3) is 0.650. The molecule has 5 nitrogen and oxygen atoms in total. The minimum absolute atomic E-state index is 0.0659. The molecular weight excluding hydrogens is 314 g/mol. The summed E-state index contributed by atoms with van der Waals surface area (Å²) in [4.78, 5) is 16.9. The number of aryl methyl sites for hydroxylation is 2. The van der Waals surface area contributed by atoms with Gasteiger partial charge in [-0.3, -0.25) is 0 Å². The lowest BCUT2D eigenvalue weighted by Gasteiger charge is -2.21. The lowest BCUT2D eigenvalue weighted by Crippen LogP contribution is -2.40. The van der Waals surface area contributed by atoms with E-state index in [4.69, 9.17) is 0 Å². The van der Waals surface area contributed by atoms with Crippen LogP contribution in [0.25, 0.3) is 0 Å². The fourth-order valence-electron chi connectivity index (χ4n) is 4.11. The number of rotatable bonds is 5. The first-order valence-electron chi connectivity index (χ1n) is 9.57. The average molecular weight is 345 g/mol. The van der Waals surface area contributed by atoms with E-state index in [0.29, 0.717) is 18.2 Å². The topological polar surface area (TPSA) is 55.8 Å². The summed E-state index contributed by atoms with van der Waals surface area (Å²) in [7, 11) is 0. The maximum atomic E-state index is 12.4. The van der Waals surface area contributed by atoms with Crippen molar-refractivity contribution >= 4 is 6.03 Å². The van der Waals surface area contributed by atoms with Crippen molar-refractivity contribution in [3.63, 3.8) is 0 Å². The molecule has 5 heteroatoms. The number of hydrogen-bond acceptors (Lipinski definition) is 3. The van der Waals surface area contributed by atoms with Crippen molar-refractivity contribution in [2.75, 3.05) is 39.3 Å². The Hall–Kier alpha value is -1.75. The molecule has 3 rings (SSSR count). The van der Waals surface area contributed by atoms with Crippen LogP contribution < -0.4 is 5.32 Å². The fourth-order valence-corrected chi connectivity index (χ4v) is 4.11. The predicted molar refractivity (Wildman–Crippen MR) is 100 cm³/mol. The summed E-state index contributed by atoms with van der Waals surface area (Å²) in [5.41, 5.74) is 2.94. The SMILES string of the molecule is Cc1cc(CCNC(=O)N2CC[C@H](CN3CCCC3)C2)cc(C)c1O. The van der Waals surface area contributed by atoms with Crippen LogP contribution in [0.3, 0.4) is 0 Å². The number of phenols is 1. The molecule has 2 aliphatic heterocycles. The number of nitrogens with one attached hydrogen (secondary N) is 1. The minimum atomic E-state index is 0.0659. The van der Waals surface area contributed by atoms with Gasteiger partial charge in [0, 0.05) is 26.2 Å². The molecule has 0 unspecified atom stereocenters. The van der Waals surface area contributed by atoms with E-state index in [-0.39, 0.29) is 6.03 Å². The number of nitrogens with zero attached hydrogens (tertiary/aromatic N) is 2. The molecule has 0 spiro atoms. The molecule has 1 aromatic rings. The van der Waals surface area contributed by atoms with E-state index < -0.39 is 0 Å². The second kappa shape index (κ2) is 8.09. The number of carbonyl (C=O) groups excluding carboxylic acids is 1. The van der Waals surface area contributed by atoms with E-state index in [2.05, 4.69) is 10.2 Å². The molecule has 25 heavy (non-hydrogen) atoms. The first-order chi connectivity index (χ1) is 12.0. The molecule has 1 aromatic carbocycles. The van der Waals surface area contributed by atoms with Gasteiger partial charge in [-0.25, -0.2) is 4.79 Å². The van der Waals surface area contributed by atoms with E-state index in [1.165, 1.54) is 25.9 Å². The highest BCUT2D eigenvalue weighted by atomic mass is 16.3. The summed E-state index contributed by atoms with van der Waals surface area (Å²) in [6.45, 7) is 9.83. The molecule has 138 valence electrons. The summed E-state index contributed by atoms with van der Waals surface area (Å²) in [6, 6.07) is 4.06. The van der Waals surface area contributed by atoms with Crippen molar-refractivity contribution in [2.45, 2.75) is 39.5 Å². The van der Waals surface area contributed by atoms with E-state index >= 15 is 0 Å². The lowest BCUT2D eigenvalue weighted by atomic mass is 10.0. The largest absolute Gasteiger partial charge is 0.507 e. The highest BCUT2D eigenvalue weighted by molar-refractivity contribution is 5.74.